The van der Waals surface area contributed by atoms with Crippen molar-refractivity contribution in [2.24, 2.45) is 5.73 Å². The Bertz CT molecular complexity index is 1120. The number of fused-ring (bicyclic) bond motifs is 2. The average molecular weight is 549 g/mol. The quantitative estimate of drug-likeness (QED) is 0.601. The van der Waals surface area contributed by atoms with Crippen molar-refractivity contribution >= 4 is 41.7 Å². The van der Waals surface area contributed by atoms with E-state index in [9.17, 15) is 14.4 Å². The number of carbonyl (C=O) groups is 3. The van der Waals surface area contributed by atoms with Crippen molar-refractivity contribution in [1.29, 1.82) is 0 Å². The molecule has 0 bridgehead atoms. The molecule has 11 heteroatoms. The molecule has 2 atom stereocenters. The largest absolute Gasteiger partial charge is 0.489 e. The van der Waals surface area contributed by atoms with Gasteiger partial charge in [0.1, 0.15) is 42.4 Å². The molecule has 38 heavy (non-hydrogen) atoms. The number of rotatable bonds is 3. The molecule has 0 aromatic heterocycles. The van der Waals surface area contributed by atoms with Gasteiger partial charge in [-0.15, -0.1) is 12.4 Å². The number of para-hydroxylation sites is 4. The van der Waals surface area contributed by atoms with E-state index < -0.39 is 23.8 Å². The van der Waals surface area contributed by atoms with Crippen molar-refractivity contribution in [3.63, 3.8) is 0 Å². The highest BCUT2D eigenvalue weighted by molar-refractivity contribution is 6.00. The monoisotopic (exact) mass is 548 g/mol. The smallest absolute Gasteiger partial charge is 0.408 e. The second kappa shape index (κ2) is 13.3. The molecule has 3 N–H and O–H groups in total. The van der Waals surface area contributed by atoms with E-state index in [1.165, 1.54) is 0 Å². The molecule has 0 saturated heterocycles. The number of hydrogen-bond donors (Lipinski definition) is 2. The van der Waals surface area contributed by atoms with Gasteiger partial charge in [0, 0.05) is 13.1 Å². The van der Waals surface area contributed by atoms with E-state index in [0.717, 1.165) is 11.4 Å². The van der Waals surface area contributed by atoms with Crippen LogP contribution < -0.4 is 30.3 Å². The van der Waals surface area contributed by atoms with Gasteiger partial charge < -0.3 is 35.1 Å². The summed E-state index contributed by atoms with van der Waals surface area (Å²) in [6.45, 7) is 10.5. The molecule has 0 aliphatic carbocycles. The Morgan fingerprint density at radius 3 is 1.89 bits per heavy atom. The zero-order valence-corrected chi connectivity index (χ0v) is 23.2. The first-order valence-corrected chi connectivity index (χ1v) is 12.4. The molecule has 10 nitrogen and oxygen atoms in total. The summed E-state index contributed by atoms with van der Waals surface area (Å²) < 4.78 is 16.3. The second-order valence-electron chi connectivity index (χ2n) is 9.53. The summed E-state index contributed by atoms with van der Waals surface area (Å²) in [5.74, 6) is 1.06. The van der Waals surface area contributed by atoms with Crippen LogP contribution in [0.3, 0.4) is 0 Å². The maximum Gasteiger partial charge on any atom is 0.408 e. The topological polar surface area (TPSA) is 123 Å². The zero-order valence-electron chi connectivity index (χ0n) is 22.4. The molecule has 0 unspecified atom stereocenters. The number of likely N-dealkylation sites (N-methyl/N-ethyl adjacent to an activating group) is 2. The van der Waals surface area contributed by atoms with Crippen LogP contribution in [0.1, 0.15) is 34.6 Å². The molecule has 2 heterocycles. The van der Waals surface area contributed by atoms with Crippen LogP contribution in [-0.2, 0) is 14.3 Å². The minimum absolute atomic E-state index is 0. The van der Waals surface area contributed by atoms with Gasteiger partial charge in [0.25, 0.3) is 5.91 Å². The maximum absolute atomic E-state index is 12.6. The van der Waals surface area contributed by atoms with E-state index >= 15 is 0 Å². The highest BCUT2D eigenvalue weighted by atomic mass is 35.5. The molecule has 2 aliphatic heterocycles. The Hall–Kier alpha value is -3.50. The number of ether oxygens (including phenoxy) is 3. The lowest BCUT2D eigenvalue weighted by molar-refractivity contribution is -0.121. The van der Waals surface area contributed by atoms with Crippen LogP contribution in [0.25, 0.3) is 0 Å². The van der Waals surface area contributed by atoms with E-state index in [2.05, 4.69) is 5.32 Å². The summed E-state index contributed by atoms with van der Waals surface area (Å²) >= 11 is 0. The third-order valence-corrected chi connectivity index (χ3v) is 5.61. The summed E-state index contributed by atoms with van der Waals surface area (Å²) in [7, 11) is 0. The van der Waals surface area contributed by atoms with E-state index in [4.69, 9.17) is 19.9 Å². The van der Waals surface area contributed by atoms with Gasteiger partial charge in [-0.3, -0.25) is 9.59 Å². The van der Waals surface area contributed by atoms with E-state index in [-0.39, 0.29) is 37.4 Å². The Morgan fingerprint density at radius 1 is 0.921 bits per heavy atom. The normalized spacial score (nSPS) is 18.6. The lowest BCUT2D eigenvalue weighted by atomic mass is 10.2. The summed E-state index contributed by atoms with van der Waals surface area (Å²) in [5.41, 5.74) is 6.60. The number of hydrogen-bond acceptors (Lipinski definition) is 7. The fourth-order valence-electron chi connectivity index (χ4n) is 3.93. The minimum Gasteiger partial charge on any atom is -0.489 e. The molecular weight excluding hydrogens is 512 g/mol. The predicted octanol–water partition coefficient (Wildman–Crippen LogP) is 3.51. The predicted molar refractivity (Wildman–Crippen MR) is 148 cm³/mol. The van der Waals surface area contributed by atoms with Gasteiger partial charge in [-0.05, 0) is 58.9 Å². The van der Waals surface area contributed by atoms with Crippen LogP contribution in [-0.4, -0.2) is 61.9 Å². The van der Waals surface area contributed by atoms with E-state index in [1.807, 2.05) is 56.3 Å². The Labute approximate surface area is 229 Å². The highest BCUT2D eigenvalue weighted by Gasteiger charge is 2.33. The van der Waals surface area contributed by atoms with Crippen LogP contribution in [0.15, 0.2) is 48.5 Å². The third kappa shape index (κ3) is 7.52. The molecule has 0 radical (unpaired) electrons. The van der Waals surface area contributed by atoms with Crippen LogP contribution in [0, 0.1) is 0 Å². The number of amides is 3. The number of alkyl carbamates (subject to hydrolysis) is 1. The van der Waals surface area contributed by atoms with Crippen LogP contribution in [0.5, 0.6) is 11.5 Å². The molecule has 3 amide bonds. The molecule has 208 valence electrons. The van der Waals surface area contributed by atoms with E-state index in [0.29, 0.717) is 24.5 Å². The third-order valence-electron chi connectivity index (χ3n) is 5.61. The van der Waals surface area contributed by atoms with Gasteiger partial charge in [-0.2, -0.15) is 0 Å². The van der Waals surface area contributed by atoms with Crippen molar-refractivity contribution in [2.75, 3.05) is 36.1 Å². The number of nitrogens with two attached hydrogens (primary N) is 1. The van der Waals surface area contributed by atoms with E-state index in [1.54, 1.807) is 36.6 Å². The molecule has 0 saturated carbocycles. The van der Waals surface area contributed by atoms with Crippen molar-refractivity contribution < 1.29 is 28.6 Å². The number of benzene rings is 2. The number of halogens is 1. The Kier molecular flexibility index (Phi) is 10.8. The van der Waals surface area contributed by atoms with Crippen LogP contribution in [0.2, 0.25) is 0 Å². The van der Waals surface area contributed by atoms with Gasteiger partial charge in [-0.25, -0.2) is 4.79 Å². The first-order valence-electron chi connectivity index (χ1n) is 12.4. The molecule has 2 aliphatic rings. The van der Waals surface area contributed by atoms with Crippen molar-refractivity contribution in [3.05, 3.63) is 48.5 Å². The summed E-state index contributed by atoms with van der Waals surface area (Å²) in [6.07, 6.45) is -0.628. The molecule has 0 fully saturated rings. The SMILES string of the molecule is CCN1C(=O)[C@@H](N)COc2ccccc21.CCN1C(=O)[C@@H](NC(=O)OC(C)(C)C)COc2ccccc21.Cl. The molecule has 2 aromatic carbocycles. The van der Waals surface area contributed by atoms with Gasteiger partial charge in [-0.1, -0.05) is 24.3 Å². The van der Waals surface area contributed by atoms with Crippen molar-refractivity contribution in [3.8, 4) is 11.5 Å². The van der Waals surface area contributed by atoms with Gasteiger partial charge in [0.15, 0.2) is 0 Å². The van der Waals surface area contributed by atoms with Crippen molar-refractivity contribution in [1.82, 2.24) is 5.32 Å². The summed E-state index contributed by atoms with van der Waals surface area (Å²) in [6, 6.07) is 13.5. The Morgan fingerprint density at radius 2 is 1.39 bits per heavy atom. The molecular formula is C27H37ClN4O6. The molecule has 4 rings (SSSR count). The zero-order chi connectivity index (χ0) is 27.2. The fraction of sp³-hybridized carbons (Fsp3) is 0.444. The number of anilines is 2. The summed E-state index contributed by atoms with van der Waals surface area (Å²) in [4.78, 5) is 39.6. The average Bonchev–Trinajstić information content (AvgIpc) is 3.06. The first kappa shape index (κ1) is 30.7. The van der Waals surface area contributed by atoms with Gasteiger partial charge in [0.05, 0.1) is 11.4 Å². The van der Waals surface area contributed by atoms with Crippen LogP contribution >= 0.6 is 12.4 Å². The maximum atomic E-state index is 12.6. The first-order chi connectivity index (χ1) is 17.6. The number of carbonyl (C=O) groups excluding carboxylic acids is 3. The lowest BCUT2D eigenvalue weighted by Crippen LogP contribution is -2.51. The fourth-order valence-corrected chi connectivity index (χ4v) is 3.93. The van der Waals surface area contributed by atoms with Gasteiger partial charge >= 0.3 is 6.09 Å². The minimum atomic E-state index is -0.776. The summed E-state index contributed by atoms with van der Waals surface area (Å²) in [5, 5.41) is 2.59. The van der Waals surface area contributed by atoms with Gasteiger partial charge in [0.2, 0.25) is 5.91 Å². The van der Waals surface area contributed by atoms with Crippen LogP contribution in [0.4, 0.5) is 16.2 Å². The van der Waals surface area contributed by atoms with Crippen molar-refractivity contribution in [2.45, 2.75) is 52.3 Å². The lowest BCUT2D eigenvalue weighted by Gasteiger charge is -2.25. The molecule has 2 aromatic rings. The standard InChI is InChI=1S/C16H22N2O4.C11H14N2O2.ClH/c1-5-18-12-8-6-7-9-13(12)21-10-11(14(18)19)17-15(20)22-16(2,3)4;1-2-13-9-5-3-4-6-10(9)15-7-8(12)11(13)14;/h6-9,11H,5,10H2,1-4H3,(H,17,20);3-6,8H,2,7,12H2,1H3;1H/t11-;8-;/m00./s1. The highest BCUT2D eigenvalue weighted by Crippen LogP contribution is 2.31. The second-order valence-corrected chi connectivity index (χ2v) is 9.53. The number of nitrogens with one attached hydrogen (secondary N) is 1. The Balaban J connectivity index is 0.000000277. The number of nitrogens with zero attached hydrogens (tertiary/aromatic N) is 2. The molecule has 0 spiro atoms.